The molecular formula is C23H18F3N3O4. The Bertz CT molecular complexity index is 1320. The van der Waals surface area contributed by atoms with E-state index in [4.69, 9.17) is 4.74 Å². The second-order valence-electron chi connectivity index (χ2n) is 7.21. The molecule has 1 N–H and O–H groups in total. The number of aliphatic hydroxyl groups is 1. The van der Waals surface area contributed by atoms with Gasteiger partial charge in [0.15, 0.2) is 0 Å². The molecule has 0 radical (unpaired) electrons. The minimum absolute atomic E-state index is 0.0246. The van der Waals surface area contributed by atoms with Gasteiger partial charge in [0.1, 0.15) is 17.5 Å². The van der Waals surface area contributed by atoms with Crippen molar-refractivity contribution in [3.8, 4) is 17.0 Å². The van der Waals surface area contributed by atoms with E-state index in [1.807, 2.05) is 13.0 Å². The maximum atomic E-state index is 12.5. The molecule has 0 amide bonds. The minimum Gasteiger partial charge on any atom is -0.464 e. The number of esters is 1. The van der Waals surface area contributed by atoms with Gasteiger partial charge in [-0.15, -0.1) is 13.2 Å². The van der Waals surface area contributed by atoms with Crippen LogP contribution in [0.5, 0.6) is 5.75 Å². The Morgan fingerprint density at radius 3 is 2.48 bits per heavy atom. The average molecular weight is 457 g/mol. The molecule has 0 saturated heterocycles. The van der Waals surface area contributed by atoms with Gasteiger partial charge in [0.05, 0.1) is 24.0 Å². The fraction of sp³-hybridized carbons (Fsp3) is 0.174. The van der Waals surface area contributed by atoms with Crippen LogP contribution in [0.3, 0.4) is 0 Å². The van der Waals surface area contributed by atoms with Gasteiger partial charge in [-0.2, -0.15) is 5.10 Å². The van der Waals surface area contributed by atoms with Crippen LogP contribution in [0.4, 0.5) is 13.2 Å². The molecule has 0 saturated carbocycles. The molecule has 33 heavy (non-hydrogen) atoms. The third-order valence-corrected chi connectivity index (χ3v) is 4.90. The van der Waals surface area contributed by atoms with Crippen LogP contribution in [-0.4, -0.2) is 39.1 Å². The van der Waals surface area contributed by atoms with Gasteiger partial charge in [-0.1, -0.05) is 12.1 Å². The van der Waals surface area contributed by atoms with Crippen molar-refractivity contribution >= 4 is 11.5 Å². The topological polar surface area (TPSA) is 86.0 Å². The summed E-state index contributed by atoms with van der Waals surface area (Å²) < 4.78 is 47.7. The predicted molar refractivity (Wildman–Crippen MR) is 112 cm³/mol. The summed E-state index contributed by atoms with van der Waals surface area (Å²) in [6.07, 6.45) is -4.33. The quantitative estimate of drug-likeness (QED) is 0.445. The lowest BCUT2D eigenvalue weighted by molar-refractivity contribution is -0.274. The van der Waals surface area contributed by atoms with Crippen LogP contribution in [-0.2, 0) is 4.74 Å². The van der Waals surface area contributed by atoms with Crippen molar-refractivity contribution in [3.05, 3.63) is 83.3 Å². The highest BCUT2D eigenvalue weighted by Gasteiger charge is 2.31. The van der Waals surface area contributed by atoms with Crippen molar-refractivity contribution in [1.82, 2.24) is 14.6 Å². The predicted octanol–water partition coefficient (Wildman–Crippen LogP) is 4.47. The number of carbonyl (C=O) groups excluding carboxylic acids is 1. The number of nitrogens with zero attached hydrogens (tertiary/aromatic N) is 3. The van der Waals surface area contributed by atoms with Gasteiger partial charge in [0.25, 0.3) is 0 Å². The molecule has 3 heterocycles. The standard InChI is InChI=1S/C23H18F3N3O4/c1-13-6-11-18-19(21(30)16-4-3-5-17(27-16)22(31)32-2)20(28-29(18)12-13)14-7-9-15(10-8-14)33-23(24,25)26/h3-12,21,30H,1-2H3. The summed E-state index contributed by atoms with van der Waals surface area (Å²) in [7, 11) is 1.23. The number of ether oxygens (including phenoxy) is 2. The summed E-state index contributed by atoms with van der Waals surface area (Å²) in [5, 5.41) is 15.8. The molecule has 4 rings (SSSR count). The second-order valence-corrected chi connectivity index (χ2v) is 7.21. The smallest absolute Gasteiger partial charge is 0.464 e. The SMILES string of the molecule is COC(=O)c1cccc(C(O)c2c(-c3ccc(OC(F)(F)F)cc3)nn3cc(C)ccc23)n1. The highest BCUT2D eigenvalue weighted by atomic mass is 19.4. The molecule has 4 aromatic rings. The van der Waals surface area contributed by atoms with E-state index in [1.165, 1.54) is 37.4 Å². The van der Waals surface area contributed by atoms with E-state index >= 15 is 0 Å². The van der Waals surface area contributed by atoms with Crippen LogP contribution in [0.2, 0.25) is 0 Å². The van der Waals surface area contributed by atoms with E-state index in [1.54, 1.807) is 28.9 Å². The molecule has 0 aliphatic rings. The van der Waals surface area contributed by atoms with E-state index in [2.05, 4.69) is 14.8 Å². The number of halogens is 3. The van der Waals surface area contributed by atoms with Gasteiger partial charge in [-0.25, -0.2) is 14.3 Å². The lowest BCUT2D eigenvalue weighted by atomic mass is 9.99. The molecular weight excluding hydrogens is 439 g/mol. The first-order chi connectivity index (χ1) is 15.7. The Balaban J connectivity index is 1.83. The first-order valence-corrected chi connectivity index (χ1v) is 9.74. The maximum Gasteiger partial charge on any atom is 0.573 e. The number of rotatable bonds is 5. The molecule has 0 bridgehead atoms. The molecule has 0 aliphatic carbocycles. The van der Waals surface area contributed by atoms with Crippen molar-refractivity contribution in [2.24, 2.45) is 0 Å². The number of fused-ring (bicyclic) bond motifs is 1. The zero-order valence-electron chi connectivity index (χ0n) is 17.5. The molecule has 0 fully saturated rings. The van der Waals surface area contributed by atoms with Crippen LogP contribution < -0.4 is 4.74 Å². The van der Waals surface area contributed by atoms with E-state index in [0.717, 1.165) is 5.56 Å². The van der Waals surface area contributed by atoms with Crippen molar-refractivity contribution < 1.29 is 32.5 Å². The van der Waals surface area contributed by atoms with Gasteiger partial charge < -0.3 is 14.6 Å². The van der Waals surface area contributed by atoms with Crippen molar-refractivity contribution in [2.45, 2.75) is 19.4 Å². The number of pyridine rings is 2. The summed E-state index contributed by atoms with van der Waals surface area (Å²) in [5.74, 6) is -1.03. The van der Waals surface area contributed by atoms with Crippen LogP contribution in [0, 0.1) is 6.92 Å². The Hall–Kier alpha value is -3.92. The zero-order chi connectivity index (χ0) is 23.8. The van der Waals surface area contributed by atoms with Crippen molar-refractivity contribution in [2.75, 3.05) is 7.11 Å². The Morgan fingerprint density at radius 2 is 1.82 bits per heavy atom. The number of aromatic nitrogens is 3. The Kier molecular flexibility index (Phi) is 5.77. The molecule has 10 heteroatoms. The largest absolute Gasteiger partial charge is 0.573 e. The van der Waals surface area contributed by atoms with E-state index in [-0.39, 0.29) is 17.1 Å². The maximum absolute atomic E-state index is 12.5. The zero-order valence-corrected chi connectivity index (χ0v) is 17.5. The lowest BCUT2D eigenvalue weighted by Crippen LogP contribution is -2.16. The summed E-state index contributed by atoms with van der Waals surface area (Å²) in [6.45, 7) is 1.88. The number of aliphatic hydroxyl groups excluding tert-OH is 1. The molecule has 1 unspecified atom stereocenters. The third-order valence-electron chi connectivity index (χ3n) is 4.90. The molecule has 170 valence electrons. The van der Waals surface area contributed by atoms with Gasteiger partial charge in [0.2, 0.25) is 0 Å². The van der Waals surface area contributed by atoms with E-state index in [0.29, 0.717) is 22.3 Å². The number of aryl methyl sites for hydroxylation is 1. The fourth-order valence-corrected chi connectivity index (χ4v) is 3.44. The van der Waals surface area contributed by atoms with E-state index in [9.17, 15) is 23.1 Å². The Morgan fingerprint density at radius 1 is 1.09 bits per heavy atom. The normalized spacial score (nSPS) is 12.5. The van der Waals surface area contributed by atoms with Crippen LogP contribution in [0.15, 0.2) is 60.8 Å². The number of alkyl halides is 3. The van der Waals surface area contributed by atoms with Crippen molar-refractivity contribution in [1.29, 1.82) is 0 Å². The lowest BCUT2D eigenvalue weighted by Gasteiger charge is -2.13. The number of methoxy groups -OCH3 is 1. The van der Waals surface area contributed by atoms with Crippen molar-refractivity contribution in [3.63, 3.8) is 0 Å². The summed E-state index contributed by atoms with van der Waals surface area (Å²) in [6, 6.07) is 13.4. The number of hydrogen-bond acceptors (Lipinski definition) is 6. The third kappa shape index (κ3) is 4.65. The first kappa shape index (κ1) is 22.3. The Labute approximate surface area is 186 Å². The molecule has 1 atom stereocenters. The number of hydrogen-bond donors (Lipinski definition) is 1. The fourth-order valence-electron chi connectivity index (χ4n) is 3.44. The van der Waals surface area contributed by atoms with Crippen LogP contribution >= 0.6 is 0 Å². The summed E-state index contributed by atoms with van der Waals surface area (Å²) in [4.78, 5) is 16.1. The number of benzene rings is 1. The molecule has 1 aromatic carbocycles. The molecule has 3 aromatic heterocycles. The van der Waals surface area contributed by atoms with E-state index < -0.39 is 18.4 Å². The van der Waals surface area contributed by atoms with Gasteiger partial charge in [-0.05, 0) is 55.0 Å². The highest BCUT2D eigenvalue weighted by molar-refractivity contribution is 5.87. The van der Waals surface area contributed by atoms with Crippen LogP contribution in [0.25, 0.3) is 16.8 Å². The molecule has 7 nitrogen and oxygen atoms in total. The molecule has 0 spiro atoms. The van der Waals surface area contributed by atoms with Gasteiger partial charge >= 0.3 is 12.3 Å². The van der Waals surface area contributed by atoms with Crippen LogP contribution in [0.1, 0.15) is 33.4 Å². The second kappa shape index (κ2) is 8.55. The molecule has 0 aliphatic heterocycles. The van der Waals surface area contributed by atoms with Gasteiger partial charge in [-0.3, -0.25) is 0 Å². The minimum atomic E-state index is -4.81. The van der Waals surface area contributed by atoms with Gasteiger partial charge in [0, 0.05) is 17.3 Å². The first-order valence-electron chi connectivity index (χ1n) is 9.74. The summed E-state index contributed by atoms with van der Waals surface area (Å²) >= 11 is 0. The monoisotopic (exact) mass is 457 g/mol. The number of carbonyl (C=O) groups is 1. The average Bonchev–Trinajstić information content (AvgIpc) is 3.16. The summed E-state index contributed by atoms with van der Waals surface area (Å²) in [5.41, 5.74) is 2.89. The highest BCUT2D eigenvalue weighted by Crippen LogP contribution is 2.35.